The van der Waals surface area contributed by atoms with Gasteiger partial charge in [0.25, 0.3) is 0 Å². The van der Waals surface area contributed by atoms with E-state index in [-0.39, 0.29) is 0 Å². The van der Waals surface area contributed by atoms with Crippen LogP contribution in [0, 0.1) is 0 Å². The molecule has 1 heterocycles. The average molecular weight is 459 g/mol. The molecule has 1 nitrogen and oxygen atoms in total. The number of quaternary nitrogens is 1. The van der Waals surface area contributed by atoms with E-state index in [0.29, 0.717) is 0 Å². The summed E-state index contributed by atoms with van der Waals surface area (Å²) in [6.45, 7) is 7.07. The Balaban J connectivity index is 0.000000243. The fourth-order valence-electron chi connectivity index (χ4n) is 5.66. The van der Waals surface area contributed by atoms with Crippen LogP contribution in [0.4, 0.5) is 0 Å². The Morgan fingerprint density at radius 1 is 0.486 bits per heavy atom. The molecule has 0 aromatic heterocycles. The lowest BCUT2D eigenvalue weighted by molar-refractivity contribution is -0.887. The summed E-state index contributed by atoms with van der Waals surface area (Å²) in [7, 11) is 4.60. The Kier molecular flexibility index (Phi) is 7.73. The number of benzene rings is 4. The molecule has 0 amide bonds. The summed E-state index contributed by atoms with van der Waals surface area (Å²) in [4.78, 5) is 0. The molecule has 1 aliphatic rings. The van der Waals surface area contributed by atoms with Crippen molar-refractivity contribution in [3.05, 3.63) is 132 Å². The van der Waals surface area contributed by atoms with Gasteiger partial charge in [-0.15, -0.1) is 0 Å². The maximum Gasteiger partial charge on any atom is 0.108 e. The monoisotopic (exact) mass is 459 g/mol. The number of likely N-dealkylation sites (N-methyl/N-ethyl adjacent to an activating group) is 1. The van der Waals surface area contributed by atoms with Crippen molar-refractivity contribution in [1.82, 2.24) is 0 Å². The van der Waals surface area contributed by atoms with Gasteiger partial charge in [-0.05, 0) is 19.4 Å². The number of hydrogen-bond acceptors (Lipinski definition) is 0. The zero-order valence-electron chi connectivity index (χ0n) is 21.7. The molecule has 0 N–H and O–H groups in total. The van der Waals surface area contributed by atoms with Crippen molar-refractivity contribution < 1.29 is 4.48 Å². The smallest absolute Gasteiger partial charge is 0.108 e. The molecule has 4 aromatic rings. The molecule has 0 fully saturated rings. The Labute approximate surface area is 212 Å². The Morgan fingerprint density at radius 2 is 0.800 bits per heavy atom. The Morgan fingerprint density at radius 3 is 1.06 bits per heavy atom. The zero-order chi connectivity index (χ0) is 24.7. The highest BCUT2D eigenvalue weighted by Crippen LogP contribution is 2.19. The van der Waals surface area contributed by atoms with Crippen molar-refractivity contribution in [3.63, 3.8) is 0 Å². The van der Waals surface area contributed by atoms with Crippen LogP contribution in [-0.2, 0) is 0 Å². The third-order valence-electron chi connectivity index (χ3n) is 7.68. The summed E-state index contributed by atoms with van der Waals surface area (Å²) < 4.78 is 1.17. The molecule has 0 unspecified atom stereocenters. The van der Waals surface area contributed by atoms with Gasteiger partial charge < -0.3 is 4.48 Å². The molecule has 35 heavy (non-hydrogen) atoms. The first-order chi connectivity index (χ1) is 16.9. The lowest BCUT2D eigenvalue weighted by Gasteiger charge is -2.44. The third-order valence-corrected chi connectivity index (χ3v) is 7.68. The van der Waals surface area contributed by atoms with Crippen LogP contribution in [-0.4, -0.2) is 37.8 Å². The van der Waals surface area contributed by atoms with E-state index >= 15 is 0 Å². The minimum Gasteiger partial charge on any atom is -0.325 e. The summed E-state index contributed by atoms with van der Waals surface area (Å²) in [5.41, 5.74) is 8.56. The van der Waals surface area contributed by atoms with Crippen LogP contribution in [0.5, 0.6) is 0 Å². The molecule has 0 radical (unpaired) electrons. The van der Waals surface area contributed by atoms with E-state index in [1.54, 1.807) is 11.1 Å². The van der Waals surface area contributed by atoms with E-state index in [0.717, 1.165) is 0 Å². The lowest BCUT2D eigenvalue weighted by Crippen LogP contribution is -2.74. The normalized spacial score (nSPS) is 15.2. The summed E-state index contributed by atoms with van der Waals surface area (Å²) in [6.07, 6.45) is 0.0750. The molecule has 1 aliphatic heterocycles. The molecule has 2 heteroatoms. The van der Waals surface area contributed by atoms with Crippen molar-refractivity contribution in [2.24, 2.45) is 0 Å². The highest BCUT2D eigenvalue weighted by Gasteiger charge is 2.31. The second-order valence-corrected chi connectivity index (χ2v) is 10.6. The SMILES string of the molecule is CC1=C(C)C[N+](C)(C)CC1.c1ccc([B-](c2ccccc2)(c2ccccc2)c2ccccc2)cc1. The minimum absolute atomic E-state index is 1.17. The van der Waals surface area contributed by atoms with Crippen LogP contribution in [0.25, 0.3) is 0 Å². The van der Waals surface area contributed by atoms with Crippen molar-refractivity contribution in [2.45, 2.75) is 20.3 Å². The van der Waals surface area contributed by atoms with Gasteiger partial charge in [-0.2, -0.15) is 21.9 Å². The Hall–Kier alpha value is -3.36. The van der Waals surface area contributed by atoms with Gasteiger partial charge in [0.15, 0.2) is 0 Å². The van der Waals surface area contributed by atoms with E-state index in [1.807, 2.05) is 0 Å². The van der Waals surface area contributed by atoms with E-state index in [4.69, 9.17) is 0 Å². The molecular weight excluding hydrogens is 421 g/mol. The summed E-state index contributed by atoms with van der Waals surface area (Å²) in [5.74, 6) is 0. The predicted octanol–water partition coefficient (Wildman–Crippen LogP) is 4.87. The van der Waals surface area contributed by atoms with Gasteiger partial charge >= 0.3 is 0 Å². The average Bonchev–Trinajstić information content (AvgIpc) is 2.90. The molecule has 0 bridgehead atoms. The molecule has 5 rings (SSSR count). The first-order valence-corrected chi connectivity index (χ1v) is 12.8. The fourth-order valence-corrected chi connectivity index (χ4v) is 5.66. The summed E-state index contributed by atoms with van der Waals surface area (Å²) >= 11 is 0. The highest BCUT2D eigenvalue weighted by molar-refractivity contribution is 7.19. The molecule has 4 aromatic carbocycles. The third kappa shape index (κ3) is 5.50. The first kappa shape index (κ1) is 24.8. The zero-order valence-corrected chi connectivity index (χ0v) is 21.7. The van der Waals surface area contributed by atoms with Crippen molar-refractivity contribution in [2.75, 3.05) is 27.2 Å². The number of hydrogen-bond donors (Lipinski definition) is 0. The van der Waals surface area contributed by atoms with Crippen molar-refractivity contribution in [1.29, 1.82) is 0 Å². The molecule has 0 atom stereocenters. The first-order valence-electron chi connectivity index (χ1n) is 12.8. The van der Waals surface area contributed by atoms with E-state index < -0.39 is 6.15 Å². The van der Waals surface area contributed by atoms with Gasteiger partial charge in [0, 0.05) is 6.42 Å². The predicted molar refractivity (Wildman–Crippen MR) is 155 cm³/mol. The van der Waals surface area contributed by atoms with Crippen molar-refractivity contribution in [3.8, 4) is 0 Å². The van der Waals surface area contributed by atoms with Crippen LogP contribution < -0.4 is 21.9 Å². The topological polar surface area (TPSA) is 0 Å². The van der Waals surface area contributed by atoms with Gasteiger partial charge in [-0.1, -0.05) is 127 Å². The van der Waals surface area contributed by atoms with Crippen LogP contribution >= 0.6 is 0 Å². The molecule has 178 valence electrons. The van der Waals surface area contributed by atoms with Crippen molar-refractivity contribution >= 4 is 28.0 Å². The van der Waals surface area contributed by atoms with Gasteiger partial charge in [0.1, 0.15) is 6.15 Å². The summed E-state index contributed by atoms with van der Waals surface area (Å²) in [5, 5.41) is 0. The largest absolute Gasteiger partial charge is 0.325 e. The molecule has 0 saturated heterocycles. The second kappa shape index (κ2) is 10.9. The molecular formula is C33H38BN. The second-order valence-electron chi connectivity index (χ2n) is 10.6. The van der Waals surface area contributed by atoms with Gasteiger partial charge in [-0.3, -0.25) is 0 Å². The van der Waals surface area contributed by atoms with Crippen LogP contribution in [0.1, 0.15) is 20.3 Å². The number of rotatable bonds is 4. The van der Waals surface area contributed by atoms with E-state index in [2.05, 4.69) is 149 Å². The summed E-state index contributed by atoms with van der Waals surface area (Å²) in [6, 6.07) is 43.5. The standard InChI is InChI=1S/C24H20B.C9H18N/c1-5-13-21(14-6-1)25(22-15-7-2-8-16-22,23-17-9-3-10-18-23)24-19-11-4-12-20-24;1-8-5-6-10(3,4)7-9(8)2/h1-20H;5-7H2,1-4H3/q-1;+1. The maximum absolute atomic E-state index is 2.30. The van der Waals surface area contributed by atoms with E-state index in [9.17, 15) is 0 Å². The lowest BCUT2D eigenvalue weighted by atomic mass is 9.13. The van der Waals surface area contributed by atoms with Crippen LogP contribution in [0.15, 0.2) is 132 Å². The fraction of sp³-hybridized carbons (Fsp3) is 0.212. The van der Waals surface area contributed by atoms with Gasteiger partial charge in [0.05, 0.1) is 27.2 Å². The molecule has 0 spiro atoms. The van der Waals surface area contributed by atoms with Gasteiger partial charge in [0.2, 0.25) is 0 Å². The highest BCUT2D eigenvalue weighted by atomic mass is 15.3. The van der Waals surface area contributed by atoms with Gasteiger partial charge in [-0.25, -0.2) is 0 Å². The van der Waals surface area contributed by atoms with E-state index in [1.165, 1.54) is 45.8 Å². The maximum atomic E-state index is 2.30. The molecule has 0 aliphatic carbocycles. The number of nitrogens with zero attached hydrogens (tertiary/aromatic N) is 1. The van der Waals surface area contributed by atoms with Crippen LogP contribution in [0.3, 0.4) is 0 Å². The quantitative estimate of drug-likeness (QED) is 0.232. The van der Waals surface area contributed by atoms with Crippen LogP contribution in [0.2, 0.25) is 0 Å². The minimum atomic E-state index is -1.22. The molecule has 0 saturated carbocycles. The Bertz CT molecular complexity index is 1070.